The Balaban J connectivity index is 2.00. The summed E-state index contributed by atoms with van der Waals surface area (Å²) in [5.41, 5.74) is 0.429. The zero-order valence-electron chi connectivity index (χ0n) is 13.2. The number of carbonyl (C=O) groups excluding carboxylic acids is 1. The monoisotopic (exact) mass is 344 g/mol. The first kappa shape index (κ1) is 17.4. The maximum Gasteiger partial charge on any atom is 0.410 e. The first-order valence-corrected chi connectivity index (χ1v) is 8.16. The number of amides is 1. The molecule has 2 rings (SSSR count). The first-order chi connectivity index (χ1) is 10.3. The lowest BCUT2D eigenvalue weighted by Crippen LogP contribution is -2.54. The van der Waals surface area contributed by atoms with Crippen LogP contribution in [0.5, 0.6) is 0 Å². The van der Waals surface area contributed by atoms with Gasteiger partial charge in [-0.15, -0.1) is 0 Å². The Hall–Kier alpha value is -0.970. The molecule has 6 heteroatoms. The van der Waals surface area contributed by atoms with Gasteiger partial charge in [0.25, 0.3) is 0 Å². The van der Waals surface area contributed by atoms with Gasteiger partial charge in [-0.2, -0.15) is 0 Å². The fraction of sp³-hybridized carbons (Fsp3) is 0.562. The summed E-state index contributed by atoms with van der Waals surface area (Å²) >= 11 is 12.4. The molecule has 1 aromatic rings. The van der Waals surface area contributed by atoms with Crippen molar-refractivity contribution in [2.45, 2.75) is 38.8 Å². The molecule has 1 N–H and O–H groups in total. The van der Waals surface area contributed by atoms with Crippen LogP contribution in [0.2, 0.25) is 10.0 Å². The summed E-state index contributed by atoms with van der Waals surface area (Å²) in [7, 11) is 0. The number of rotatable bonds is 2. The second-order valence-electron chi connectivity index (χ2n) is 6.48. The van der Waals surface area contributed by atoms with Crippen molar-refractivity contribution in [3.05, 3.63) is 33.8 Å². The van der Waals surface area contributed by atoms with E-state index in [9.17, 15) is 4.79 Å². The number of nitrogens with zero attached hydrogens (tertiary/aromatic N) is 1. The summed E-state index contributed by atoms with van der Waals surface area (Å²) in [5.74, 6) is 0. The van der Waals surface area contributed by atoms with Crippen molar-refractivity contribution in [1.29, 1.82) is 0 Å². The quantitative estimate of drug-likeness (QED) is 0.888. The smallest absolute Gasteiger partial charge is 0.410 e. The van der Waals surface area contributed by atoms with Gasteiger partial charge in [0.05, 0.1) is 0 Å². The maximum atomic E-state index is 12.2. The van der Waals surface area contributed by atoms with Crippen LogP contribution in [-0.4, -0.2) is 42.3 Å². The summed E-state index contributed by atoms with van der Waals surface area (Å²) in [6.45, 7) is 7.56. The Morgan fingerprint density at radius 1 is 1.36 bits per heavy atom. The Morgan fingerprint density at radius 2 is 2.00 bits per heavy atom. The van der Waals surface area contributed by atoms with Crippen molar-refractivity contribution in [2.75, 3.05) is 19.6 Å². The van der Waals surface area contributed by atoms with Crippen LogP contribution in [0.25, 0.3) is 0 Å². The van der Waals surface area contributed by atoms with Crippen LogP contribution < -0.4 is 5.32 Å². The average Bonchev–Trinajstić information content (AvgIpc) is 2.41. The van der Waals surface area contributed by atoms with E-state index in [4.69, 9.17) is 27.9 Å². The highest BCUT2D eigenvalue weighted by molar-refractivity contribution is 6.36. The van der Waals surface area contributed by atoms with E-state index in [0.717, 1.165) is 12.1 Å². The van der Waals surface area contributed by atoms with E-state index in [2.05, 4.69) is 5.32 Å². The molecule has 1 aliphatic heterocycles. The number of hydrogen-bond acceptors (Lipinski definition) is 3. The van der Waals surface area contributed by atoms with Gasteiger partial charge in [0.15, 0.2) is 0 Å². The van der Waals surface area contributed by atoms with Crippen molar-refractivity contribution in [1.82, 2.24) is 10.2 Å². The highest BCUT2D eigenvalue weighted by atomic mass is 35.5. The minimum absolute atomic E-state index is 0.110. The molecule has 1 fully saturated rings. The highest BCUT2D eigenvalue weighted by Gasteiger charge is 2.28. The van der Waals surface area contributed by atoms with E-state index in [0.29, 0.717) is 29.6 Å². The maximum absolute atomic E-state index is 12.2. The molecule has 4 nitrogen and oxygen atoms in total. The fourth-order valence-corrected chi connectivity index (χ4v) is 2.98. The van der Waals surface area contributed by atoms with E-state index in [1.54, 1.807) is 4.90 Å². The van der Waals surface area contributed by atoms with E-state index < -0.39 is 5.60 Å². The van der Waals surface area contributed by atoms with Crippen LogP contribution in [-0.2, 0) is 11.2 Å². The topological polar surface area (TPSA) is 41.6 Å². The molecule has 1 amide bonds. The fourth-order valence-electron chi connectivity index (χ4n) is 2.43. The summed E-state index contributed by atoms with van der Waals surface area (Å²) < 4.78 is 5.43. The first-order valence-electron chi connectivity index (χ1n) is 7.40. The van der Waals surface area contributed by atoms with Crippen LogP contribution in [0.3, 0.4) is 0 Å². The van der Waals surface area contributed by atoms with E-state index >= 15 is 0 Å². The van der Waals surface area contributed by atoms with Gasteiger partial charge in [0.1, 0.15) is 5.60 Å². The number of carbonyl (C=O) groups is 1. The molecular weight excluding hydrogens is 323 g/mol. The second-order valence-corrected chi connectivity index (χ2v) is 7.30. The molecule has 0 aromatic heterocycles. The normalized spacial score (nSPS) is 19.1. The molecule has 1 heterocycles. The van der Waals surface area contributed by atoms with Crippen LogP contribution in [0.15, 0.2) is 18.2 Å². The van der Waals surface area contributed by atoms with Crippen molar-refractivity contribution >= 4 is 29.3 Å². The van der Waals surface area contributed by atoms with Gasteiger partial charge in [-0.05, 0) is 44.9 Å². The molecular formula is C16H22Cl2N2O2. The van der Waals surface area contributed by atoms with Crippen LogP contribution in [0.4, 0.5) is 4.79 Å². The predicted octanol–water partition coefficient (Wildman–Crippen LogP) is 3.74. The third-order valence-corrected chi connectivity index (χ3v) is 4.13. The number of ether oxygens (including phenoxy) is 1. The van der Waals surface area contributed by atoms with Crippen molar-refractivity contribution in [3.63, 3.8) is 0 Å². The molecule has 0 aliphatic carbocycles. The summed E-state index contributed by atoms with van der Waals surface area (Å²) in [4.78, 5) is 13.9. The van der Waals surface area contributed by atoms with Crippen LogP contribution >= 0.6 is 23.2 Å². The Labute approximate surface area is 141 Å². The van der Waals surface area contributed by atoms with Gasteiger partial charge in [0.2, 0.25) is 0 Å². The zero-order valence-corrected chi connectivity index (χ0v) is 14.7. The Kier molecular flexibility index (Phi) is 5.59. The minimum atomic E-state index is -0.483. The van der Waals surface area contributed by atoms with Crippen LogP contribution in [0.1, 0.15) is 26.3 Å². The van der Waals surface area contributed by atoms with E-state index in [1.807, 2.05) is 39.0 Å². The highest BCUT2D eigenvalue weighted by Crippen LogP contribution is 2.26. The lowest BCUT2D eigenvalue weighted by Gasteiger charge is -2.35. The molecule has 0 spiro atoms. The number of benzene rings is 1. The van der Waals surface area contributed by atoms with Crippen molar-refractivity contribution in [2.24, 2.45) is 0 Å². The lowest BCUT2D eigenvalue weighted by atomic mass is 10.0. The van der Waals surface area contributed by atoms with Gasteiger partial charge in [-0.1, -0.05) is 29.3 Å². The van der Waals surface area contributed by atoms with Crippen molar-refractivity contribution in [3.8, 4) is 0 Å². The molecule has 1 aliphatic rings. The Morgan fingerprint density at radius 3 is 2.59 bits per heavy atom. The van der Waals surface area contributed by atoms with Gasteiger partial charge in [-0.3, -0.25) is 0 Å². The number of piperazine rings is 1. The van der Waals surface area contributed by atoms with Crippen LogP contribution in [0, 0.1) is 0 Å². The third-order valence-electron chi connectivity index (χ3n) is 3.42. The number of hydrogen-bond donors (Lipinski definition) is 1. The van der Waals surface area contributed by atoms with Crippen molar-refractivity contribution < 1.29 is 9.53 Å². The zero-order chi connectivity index (χ0) is 16.3. The standard InChI is InChI=1S/C16H22Cl2N2O2/c1-16(2,3)22-15(21)20-8-7-19-11(10-20)9-12-13(17)5-4-6-14(12)18/h4-6,11,19H,7-10H2,1-3H3/t11-/m1/s1. The molecule has 22 heavy (non-hydrogen) atoms. The molecule has 0 unspecified atom stereocenters. The summed E-state index contributed by atoms with van der Waals surface area (Å²) in [6.07, 6.45) is 0.405. The van der Waals surface area contributed by atoms with Gasteiger partial charge < -0.3 is 15.0 Å². The predicted molar refractivity (Wildman–Crippen MR) is 89.8 cm³/mol. The van der Waals surface area contributed by atoms with Gasteiger partial charge >= 0.3 is 6.09 Å². The number of nitrogens with one attached hydrogen (secondary N) is 1. The third kappa shape index (κ3) is 4.77. The Bertz CT molecular complexity index is 523. The molecule has 1 saturated heterocycles. The molecule has 0 bridgehead atoms. The minimum Gasteiger partial charge on any atom is -0.444 e. The molecule has 1 atom stereocenters. The van der Waals surface area contributed by atoms with Gasteiger partial charge in [0, 0.05) is 35.7 Å². The molecule has 1 aromatic carbocycles. The molecule has 0 radical (unpaired) electrons. The van der Waals surface area contributed by atoms with Gasteiger partial charge in [-0.25, -0.2) is 4.79 Å². The lowest BCUT2D eigenvalue weighted by molar-refractivity contribution is 0.0195. The summed E-state index contributed by atoms with van der Waals surface area (Å²) in [6, 6.07) is 5.60. The average molecular weight is 345 g/mol. The van der Waals surface area contributed by atoms with E-state index in [-0.39, 0.29) is 12.1 Å². The SMILES string of the molecule is CC(C)(C)OC(=O)N1CCN[C@H](Cc2c(Cl)cccc2Cl)C1. The second kappa shape index (κ2) is 7.07. The summed E-state index contributed by atoms with van der Waals surface area (Å²) in [5, 5.41) is 4.72. The molecule has 122 valence electrons. The number of halogens is 2. The molecule has 0 saturated carbocycles. The van der Waals surface area contributed by atoms with E-state index in [1.165, 1.54) is 0 Å². The largest absolute Gasteiger partial charge is 0.444 e.